The Balaban J connectivity index is 1.35. The second kappa shape index (κ2) is 11.2. The van der Waals surface area contributed by atoms with Crippen LogP contribution in [0.15, 0.2) is 54.6 Å². The predicted molar refractivity (Wildman–Crippen MR) is 133 cm³/mol. The fourth-order valence-corrected chi connectivity index (χ4v) is 4.69. The van der Waals surface area contributed by atoms with Gasteiger partial charge in [0.1, 0.15) is 5.82 Å². The maximum Gasteiger partial charge on any atom is 0.416 e. The average Bonchev–Trinajstić information content (AvgIpc) is 3.25. The number of aromatic amines is 1. The summed E-state index contributed by atoms with van der Waals surface area (Å²) in [5.41, 5.74) is 2.95. The van der Waals surface area contributed by atoms with Crippen molar-refractivity contribution < 1.29 is 18.0 Å². The van der Waals surface area contributed by atoms with Gasteiger partial charge in [-0.3, -0.25) is 4.90 Å². The van der Waals surface area contributed by atoms with E-state index in [2.05, 4.69) is 32.3 Å². The number of nitrogens with zero attached hydrogens (tertiary/aromatic N) is 3. The predicted octanol–water partition coefficient (Wildman–Crippen LogP) is 5.25. The van der Waals surface area contributed by atoms with Crippen LogP contribution in [-0.2, 0) is 19.1 Å². The Bertz CT molecular complexity index is 1140. The number of amides is 2. The second-order valence-corrected chi connectivity index (χ2v) is 9.22. The summed E-state index contributed by atoms with van der Waals surface area (Å²) in [7, 11) is 1.67. The number of likely N-dealkylation sites (tertiary alicyclic amines) is 1. The SMILES string of the molecule is CNC(=O)N(CCc1ccccc1)C1CCN(Cc2nc(-c3ccc(C(F)(F)F)cc3)[nH]c2C)CC1. The van der Waals surface area contributed by atoms with Crippen LogP contribution in [0, 0.1) is 6.92 Å². The summed E-state index contributed by atoms with van der Waals surface area (Å²) in [5, 5.41) is 2.78. The van der Waals surface area contributed by atoms with E-state index in [1.54, 1.807) is 7.05 Å². The molecule has 0 bridgehead atoms. The lowest BCUT2D eigenvalue weighted by molar-refractivity contribution is -0.137. The average molecular weight is 500 g/mol. The summed E-state index contributed by atoms with van der Waals surface area (Å²) < 4.78 is 38.6. The van der Waals surface area contributed by atoms with Crippen LogP contribution >= 0.6 is 0 Å². The number of carbonyl (C=O) groups excluding carboxylic acids is 1. The third-order valence-corrected chi connectivity index (χ3v) is 6.80. The van der Waals surface area contributed by atoms with Gasteiger partial charge in [0.05, 0.1) is 11.3 Å². The lowest BCUT2D eigenvalue weighted by Crippen LogP contribution is -2.50. The Morgan fingerprint density at radius 1 is 1.11 bits per heavy atom. The fraction of sp³-hybridized carbons (Fsp3) is 0.407. The zero-order valence-corrected chi connectivity index (χ0v) is 20.6. The fourth-order valence-electron chi connectivity index (χ4n) is 4.69. The summed E-state index contributed by atoms with van der Waals surface area (Å²) >= 11 is 0. The van der Waals surface area contributed by atoms with E-state index >= 15 is 0 Å². The lowest BCUT2D eigenvalue weighted by atomic mass is 10.0. The Labute approximate surface area is 209 Å². The number of nitrogens with one attached hydrogen (secondary N) is 2. The van der Waals surface area contributed by atoms with Crippen molar-refractivity contribution in [3.8, 4) is 11.4 Å². The van der Waals surface area contributed by atoms with Gasteiger partial charge in [-0.2, -0.15) is 13.2 Å². The molecule has 2 amide bonds. The molecule has 0 aliphatic carbocycles. The highest BCUT2D eigenvalue weighted by Gasteiger charge is 2.30. The van der Waals surface area contributed by atoms with Gasteiger partial charge in [0.15, 0.2) is 0 Å². The van der Waals surface area contributed by atoms with Gasteiger partial charge in [-0.05, 0) is 43.9 Å². The molecule has 3 aromatic rings. The molecule has 2 aromatic carbocycles. The van der Waals surface area contributed by atoms with Gasteiger partial charge in [0, 0.05) is 50.5 Å². The number of rotatable bonds is 7. The highest BCUT2D eigenvalue weighted by Crippen LogP contribution is 2.31. The molecule has 1 saturated heterocycles. The Morgan fingerprint density at radius 3 is 2.39 bits per heavy atom. The Kier molecular flexibility index (Phi) is 7.98. The smallest absolute Gasteiger partial charge is 0.342 e. The monoisotopic (exact) mass is 499 g/mol. The molecule has 0 saturated carbocycles. The number of alkyl halides is 3. The second-order valence-electron chi connectivity index (χ2n) is 9.22. The van der Waals surface area contributed by atoms with E-state index in [0.717, 1.165) is 55.9 Å². The molecule has 4 rings (SSSR count). The summed E-state index contributed by atoms with van der Waals surface area (Å²) in [5.74, 6) is 0.567. The zero-order chi connectivity index (χ0) is 25.7. The van der Waals surface area contributed by atoms with Crippen LogP contribution in [0.3, 0.4) is 0 Å². The van der Waals surface area contributed by atoms with Gasteiger partial charge in [-0.15, -0.1) is 0 Å². The van der Waals surface area contributed by atoms with Crippen LogP contribution in [0.25, 0.3) is 11.4 Å². The summed E-state index contributed by atoms with van der Waals surface area (Å²) in [6.45, 7) is 4.93. The van der Waals surface area contributed by atoms with Crippen molar-refractivity contribution in [3.63, 3.8) is 0 Å². The van der Waals surface area contributed by atoms with Crippen molar-refractivity contribution in [1.82, 2.24) is 25.1 Å². The molecule has 1 aliphatic rings. The van der Waals surface area contributed by atoms with Gasteiger partial charge >= 0.3 is 12.2 Å². The molecule has 0 spiro atoms. The molecule has 6 nitrogen and oxygen atoms in total. The van der Waals surface area contributed by atoms with Crippen molar-refractivity contribution >= 4 is 6.03 Å². The molecular formula is C27H32F3N5O. The molecule has 1 fully saturated rings. The van der Waals surface area contributed by atoms with Crippen molar-refractivity contribution in [2.45, 2.75) is 44.9 Å². The highest BCUT2D eigenvalue weighted by atomic mass is 19.4. The first kappa shape index (κ1) is 25.8. The topological polar surface area (TPSA) is 64.3 Å². The van der Waals surface area contributed by atoms with Crippen molar-refractivity contribution in [2.75, 3.05) is 26.7 Å². The maximum atomic E-state index is 12.9. The number of benzene rings is 2. The van der Waals surface area contributed by atoms with Crippen LogP contribution in [0.4, 0.5) is 18.0 Å². The number of piperidine rings is 1. The number of imidazole rings is 1. The molecule has 2 N–H and O–H groups in total. The number of aromatic nitrogens is 2. The third-order valence-electron chi connectivity index (χ3n) is 6.80. The zero-order valence-electron chi connectivity index (χ0n) is 20.6. The molecule has 1 aromatic heterocycles. The first-order chi connectivity index (χ1) is 17.2. The van der Waals surface area contributed by atoms with Gasteiger partial charge in [0.2, 0.25) is 0 Å². The van der Waals surface area contributed by atoms with Crippen LogP contribution in [0.5, 0.6) is 0 Å². The lowest BCUT2D eigenvalue weighted by Gasteiger charge is -2.38. The van der Waals surface area contributed by atoms with E-state index in [9.17, 15) is 18.0 Å². The quantitative estimate of drug-likeness (QED) is 0.467. The largest absolute Gasteiger partial charge is 0.416 e. The van der Waals surface area contributed by atoms with Gasteiger partial charge < -0.3 is 15.2 Å². The molecule has 2 heterocycles. The number of hydrogen-bond donors (Lipinski definition) is 2. The first-order valence-electron chi connectivity index (χ1n) is 12.2. The maximum absolute atomic E-state index is 12.9. The molecule has 0 radical (unpaired) electrons. The number of carbonyl (C=O) groups is 1. The van der Waals surface area contributed by atoms with E-state index in [1.807, 2.05) is 30.0 Å². The molecule has 9 heteroatoms. The summed E-state index contributed by atoms with van der Waals surface area (Å²) in [6.07, 6.45) is -1.80. The first-order valence-corrected chi connectivity index (χ1v) is 12.2. The molecule has 192 valence electrons. The Morgan fingerprint density at radius 2 is 1.78 bits per heavy atom. The van der Waals surface area contributed by atoms with Gasteiger partial charge in [0.25, 0.3) is 0 Å². The minimum Gasteiger partial charge on any atom is -0.342 e. The van der Waals surface area contributed by atoms with Gasteiger partial charge in [-0.1, -0.05) is 42.5 Å². The van der Waals surface area contributed by atoms with Crippen molar-refractivity contribution in [1.29, 1.82) is 0 Å². The standard InChI is InChI=1S/C27H32F3N5O/c1-19-24(33-25(32-19)21-8-10-22(11-9-21)27(28,29)30)18-34-15-13-23(14-16-34)35(26(36)31-2)17-12-20-6-4-3-5-7-20/h3-11,23H,12-18H2,1-2H3,(H,31,36)(H,32,33). The summed E-state index contributed by atoms with van der Waals surface area (Å²) in [6, 6.07) is 15.3. The molecule has 0 unspecified atom stereocenters. The summed E-state index contributed by atoms with van der Waals surface area (Å²) in [4.78, 5) is 24.7. The van der Waals surface area contributed by atoms with E-state index in [-0.39, 0.29) is 12.1 Å². The number of H-pyrrole nitrogens is 1. The van der Waals surface area contributed by atoms with Crippen LogP contribution in [0.1, 0.15) is 35.4 Å². The van der Waals surface area contributed by atoms with Gasteiger partial charge in [-0.25, -0.2) is 9.78 Å². The number of aryl methyl sites for hydroxylation is 1. The molecule has 1 aliphatic heterocycles. The van der Waals surface area contributed by atoms with Crippen molar-refractivity contribution in [2.24, 2.45) is 0 Å². The van der Waals surface area contributed by atoms with E-state index in [1.165, 1.54) is 17.7 Å². The normalized spacial score (nSPS) is 15.1. The van der Waals surface area contributed by atoms with Crippen LogP contribution in [-0.4, -0.2) is 58.5 Å². The highest BCUT2D eigenvalue weighted by molar-refractivity contribution is 5.74. The third kappa shape index (κ3) is 6.26. The van der Waals surface area contributed by atoms with E-state index in [4.69, 9.17) is 0 Å². The van der Waals surface area contributed by atoms with Crippen molar-refractivity contribution in [3.05, 3.63) is 77.1 Å². The minimum atomic E-state index is -4.36. The van der Waals surface area contributed by atoms with E-state index < -0.39 is 11.7 Å². The van der Waals surface area contributed by atoms with E-state index in [0.29, 0.717) is 24.5 Å². The molecule has 0 atom stereocenters. The minimum absolute atomic E-state index is 0.0475. The molecular weight excluding hydrogens is 467 g/mol. The number of hydrogen-bond acceptors (Lipinski definition) is 3. The number of urea groups is 1. The Hall–Kier alpha value is -3.33. The van der Waals surface area contributed by atoms with Crippen LogP contribution < -0.4 is 5.32 Å². The molecule has 36 heavy (non-hydrogen) atoms. The van der Waals surface area contributed by atoms with Crippen LogP contribution in [0.2, 0.25) is 0 Å². The number of halogens is 3.